The molecule has 3 aromatic rings. The van der Waals surface area contributed by atoms with E-state index >= 15 is 0 Å². The summed E-state index contributed by atoms with van der Waals surface area (Å²) in [5.74, 6) is 0.270. The average molecular weight is 500 g/mol. The Morgan fingerprint density at radius 1 is 1.03 bits per heavy atom. The van der Waals surface area contributed by atoms with Crippen molar-refractivity contribution in [3.05, 3.63) is 66.7 Å². The first-order valence-electron chi connectivity index (χ1n) is 11.2. The van der Waals surface area contributed by atoms with Gasteiger partial charge in [0.05, 0.1) is 18.1 Å². The van der Waals surface area contributed by atoms with Crippen LogP contribution in [0.4, 0.5) is 11.4 Å². The van der Waals surface area contributed by atoms with Gasteiger partial charge >= 0.3 is 0 Å². The molecule has 4 rings (SSSR count). The first kappa shape index (κ1) is 24.5. The number of carbonyl (C=O) groups excluding carboxylic acids is 1. The van der Waals surface area contributed by atoms with E-state index < -0.39 is 16.1 Å². The van der Waals surface area contributed by atoms with E-state index in [2.05, 4.69) is 14.9 Å². The van der Waals surface area contributed by atoms with Gasteiger partial charge in [-0.2, -0.15) is 16.5 Å². The molecule has 34 heavy (non-hydrogen) atoms. The molecule has 0 saturated carbocycles. The molecule has 9 heteroatoms. The van der Waals surface area contributed by atoms with Gasteiger partial charge in [-0.3, -0.25) is 4.79 Å². The maximum absolute atomic E-state index is 13.1. The highest BCUT2D eigenvalue weighted by Crippen LogP contribution is 2.21. The molecule has 1 heterocycles. The summed E-state index contributed by atoms with van der Waals surface area (Å²) in [5, 5.41) is 4.65. The van der Waals surface area contributed by atoms with E-state index in [1.807, 2.05) is 54.8 Å². The van der Waals surface area contributed by atoms with Gasteiger partial charge in [0.1, 0.15) is 6.04 Å². The molecule has 0 aliphatic carbocycles. The molecule has 0 aromatic heterocycles. The van der Waals surface area contributed by atoms with Crippen LogP contribution >= 0.6 is 11.8 Å². The number of hydrogen-bond donors (Lipinski definition) is 2. The van der Waals surface area contributed by atoms with Crippen molar-refractivity contribution in [1.82, 2.24) is 4.72 Å². The second kappa shape index (κ2) is 11.2. The number of thioether (sulfide) groups is 1. The molecule has 7 nitrogen and oxygen atoms in total. The molecule has 1 fully saturated rings. The fourth-order valence-electron chi connectivity index (χ4n) is 3.88. The van der Waals surface area contributed by atoms with Gasteiger partial charge < -0.3 is 15.0 Å². The molecule has 1 amide bonds. The van der Waals surface area contributed by atoms with Gasteiger partial charge in [0.15, 0.2) is 0 Å². The summed E-state index contributed by atoms with van der Waals surface area (Å²) in [4.78, 5) is 15.4. The van der Waals surface area contributed by atoms with Crippen LogP contribution in [0.25, 0.3) is 10.8 Å². The molecule has 0 bridgehead atoms. The monoisotopic (exact) mass is 499 g/mol. The molecule has 1 saturated heterocycles. The molecule has 180 valence electrons. The Morgan fingerprint density at radius 3 is 2.44 bits per heavy atom. The number of hydrogen-bond acceptors (Lipinski definition) is 6. The van der Waals surface area contributed by atoms with Gasteiger partial charge in [0.2, 0.25) is 15.9 Å². The molecular formula is C25H29N3O4S2. The highest BCUT2D eigenvalue weighted by atomic mass is 32.2. The van der Waals surface area contributed by atoms with Crippen LogP contribution in [-0.2, 0) is 19.6 Å². The molecule has 0 spiro atoms. The van der Waals surface area contributed by atoms with Crippen molar-refractivity contribution in [3.63, 3.8) is 0 Å². The summed E-state index contributed by atoms with van der Waals surface area (Å²) in [5.41, 5.74) is 1.69. The molecule has 0 unspecified atom stereocenters. The van der Waals surface area contributed by atoms with Crippen molar-refractivity contribution in [3.8, 4) is 0 Å². The normalized spacial score (nSPS) is 15.3. The number of ether oxygens (including phenoxy) is 1. The quantitative estimate of drug-likeness (QED) is 0.467. The van der Waals surface area contributed by atoms with Crippen LogP contribution in [0.15, 0.2) is 71.6 Å². The van der Waals surface area contributed by atoms with Crippen molar-refractivity contribution in [2.24, 2.45) is 0 Å². The number of rotatable bonds is 9. The van der Waals surface area contributed by atoms with E-state index in [1.54, 1.807) is 30.0 Å². The lowest BCUT2D eigenvalue weighted by Gasteiger charge is -2.29. The van der Waals surface area contributed by atoms with Gasteiger partial charge in [-0.1, -0.05) is 30.3 Å². The fourth-order valence-corrected chi connectivity index (χ4v) is 5.61. The van der Waals surface area contributed by atoms with Gasteiger partial charge in [-0.05, 0) is 65.6 Å². The largest absolute Gasteiger partial charge is 0.378 e. The molecule has 1 atom stereocenters. The molecule has 1 aliphatic heterocycles. The lowest BCUT2D eigenvalue weighted by Crippen LogP contribution is -2.44. The Hall–Kier alpha value is -2.59. The number of sulfonamides is 1. The molecule has 2 N–H and O–H groups in total. The predicted molar refractivity (Wildman–Crippen MR) is 139 cm³/mol. The minimum atomic E-state index is -3.88. The third-order valence-electron chi connectivity index (χ3n) is 5.77. The van der Waals surface area contributed by atoms with Crippen LogP contribution in [0, 0.1) is 0 Å². The second-order valence-electron chi connectivity index (χ2n) is 8.10. The number of morpholine rings is 1. The summed E-state index contributed by atoms with van der Waals surface area (Å²) < 4.78 is 34.2. The van der Waals surface area contributed by atoms with Crippen LogP contribution in [-0.4, -0.2) is 58.7 Å². The van der Waals surface area contributed by atoms with Gasteiger partial charge in [0, 0.05) is 24.5 Å². The maximum atomic E-state index is 13.1. The van der Waals surface area contributed by atoms with E-state index in [0.29, 0.717) is 31.1 Å². The number of anilines is 2. The standard InChI is InChI=1S/C25H29N3O4S2/c1-33-17-12-24(27-34(30,31)23-11-6-19-4-2-3-5-20(19)18-23)25(29)26-21-7-9-22(10-8-21)28-13-15-32-16-14-28/h2-11,18,24,27H,12-17H2,1H3,(H,26,29)/t24-/m0/s1. The Labute approximate surface area is 204 Å². The molecule has 3 aromatic carbocycles. The van der Waals surface area contributed by atoms with Crippen molar-refractivity contribution < 1.29 is 17.9 Å². The first-order chi connectivity index (χ1) is 16.5. The Morgan fingerprint density at radius 2 is 1.74 bits per heavy atom. The number of carbonyl (C=O) groups is 1. The zero-order valence-electron chi connectivity index (χ0n) is 19.1. The topological polar surface area (TPSA) is 87.7 Å². The zero-order valence-corrected chi connectivity index (χ0v) is 20.7. The summed E-state index contributed by atoms with van der Waals surface area (Å²) in [7, 11) is -3.88. The van der Waals surface area contributed by atoms with Crippen molar-refractivity contribution in [2.75, 3.05) is 48.5 Å². The number of benzene rings is 3. The lowest BCUT2D eigenvalue weighted by atomic mass is 10.1. The van der Waals surface area contributed by atoms with Crippen LogP contribution < -0.4 is 14.9 Å². The minimum absolute atomic E-state index is 0.142. The fraction of sp³-hybridized carbons (Fsp3) is 0.320. The number of nitrogens with zero attached hydrogens (tertiary/aromatic N) is 1. The molecule has 1 aliphatic rings. The van der Waals surface area contributed by atoms with Gasteiger partial charge in [-0.15, -0.1) is 0 Å². The zero-order chi connectivity index (χ0) is 24.0. The van der Waals surface area contributed by atoms with Crippen molar-refractivity contribution in [2.45, 2.75) is 17.4 Å². The average Bonchev–Trinajstić information content (AvgIpc) is 2.87. The van der Waals surface area contributed by atoms with Gasteiger partial charge in [-0.25, -0.2) is 8.42 Å². The summed E-state index contributed by atoms with van der Waals surface area (Å²) >= 11 is 1.56. The lowest BCUT2D eigenvalue weighted by molar-refractivity contribution is -0.117. The van der Waals surface area contributed by atoms with E-state index in [4.69, 9.17) is 4.74 Å². The number of amides is 1. The second-order valence-corrected chi connectivity index (χ2v) is 10.8. The van der Waals surface area contributed by atoms with E-state index in [1.165, 1.54) is 0 Å². The van der Waals surface area contributed by atoms with E-state index in [9.17, 15) is 13.2 Å². The SMILES string of the molecule is CSCC[C@H](NS(=O)(=O)c1ccc2ccccc2c1)C(=O)Nc1ccc(N2CCOCC2)cc1. The smallest absolute Gasteiger partial charge is 0.242 e. The predicted octanol–water partition coefficient (Wildman–Crippen LogP) is 3.72. The third kappa shape index (κ3) is 6.09. The Bertz CT molecular complexity index is 1230. The van der Waals surface area contributed by atoms with E-state index in [0.717, 1.165) is 29.5 Å². The van der Waals surface area contributed by atoms with Crippen molar-refractivity contribution >= 4 is 49.8 Å². The van der Waals surface area contributed by atoms with Crippen LogP contribution in [0.1, 0.15) is 6.42 Å². The number of fused-ring (bicyclic) bond motifs is 1. The number of nitrogens with one attached hydrogen (secondary N) is 2. The molecular weight excluding hydrogens is 470 g/mol. The Balaban J connectivity index is 1.47. The third-order valence-corrected chi connectivity index (χ3v) is 7.88. The first-order valence-corrected chi connectivity index (χ1v) is 14.1. The van der Waals surface area contributed by atoms with Crippen molar-refractivity contribution in [1.29, 1.82) is 0 Å². The molecule has 0 radical (unpaired) electrons. The van der Waals surface area contributed by atoms with Crippen LogP contribution in [0.5, 0.6) is 0 Å². The summed E-state index contributed by atoms with van der Waals surface area (Å²) in [6, 6.07) is 19.2. The van der Waals surface area contributed by atoms with E-state index in [-0.39, 0.29) is 10.8 Å². The van der Waals surface area contributed by atoms with Crippen LogP contribution in [0.3, 0.4) is 0 Å². The minimum Gasteiger partial charge on any atom is -0.378 e. The van der Waals surface area contributed by atoms with Crippen LogP contribution in [0.2, 0.25) is 0 Å². The summed E-state index contributed by atoms with van der Waals surface area (Å²) in [6.07, 6.45) is 2.31. The maximum Gasteiger partial charge on any atom is 0.242 e. The highest BCUT2D eigenvalue weighted by molar-refractivity contribution is 7.98. The highest BCUT2D eigenvalue weighted by Gasteiger charge is 2.26. The Kier molecular flexibility index (Phi) is 8.10. The summed E-state index contributed by atoms with van der Waals surface area (Å²) in [6.45, 7) is 3.07. The van der Waals surface area contributed by atoms with Gasteiger partial charge in [0.25, 0.3) is 0 Å².